The van der Waals surface area contributed by atoms with Crippen molar-refractivity contribution in [3.63, 3.8) is 0 Å². The van der Waals surface area contributed by atoms with Crippen molar-refractivity contribution in [2.24, 2.45) is 0 Å². The molecule has 0 amide bonds. The zero-order valence-electron chi connectivity index (χ0n) is 7.07. The molecule has 0 bridgehead atoms. The van der Waals surface area contributed by atoms with E-state index in [2.05, 4.69) is 0 Å². The van der Waals surface area contributed by atoms with Crippen molar-refractivity contribution in [3.8, 4) is 0 Å². The molecule has 0 aromatic heterocycles. The molecule has 0 aliphatic heterocycles. The van der Waals surface area contributed by atoms with Crippen molar-refractivity contribution in [1.82, 2.24) is 0 Å². The predicted molar refractivity (Wildman–Crippen MR) is 45.5 cm³/mol. The molecule has 1 fully saturated rings. The van der Waals surface area contributed by atoms with Gasteiger partial charge in [-0.3, -0.25) is 0 Å². The minimum atomic E-state index is -1.09. The molecular weight excluding hydrogens is 171 g/mol. The van der Waals surface area contributed by atoms with E-state index in [-0.39, 0.29) is 5.56 Å². The zero-order valence-corrected chi connectivity index (χ0v) is 7.07. The number of aliphatic hydroxyl groups is 2. The summed E-state index contributed by atoms with van der Waals surface area (Å²) < 4.78 is 13.1. The number of halogens is 1. The van der Waals surface area contributed by atoms with Crippen LogP contribution < -0.4 is 0 Å². The molecule has 2 nitrogen and oxygen atoms in total. The number of hydrogen-bond donors (Lipinski definition) is 2. The molecule has 1 aromatic carbocycles. The third-order valence-electron chi connectivity index (χ3n) is 2.47. The first-order chi connectivity index (χ1) is 6.13. The number of aliphatic hydroxyl groups excluding tert-OH is 1. The predicted octanol–water partition coefficient (Wildman–Crippen LogP) is 1.38. The van der Waals surface area contributed by atoms with Gasteiger partial charge in [0.2, 0.25) is 0 Å². The monoisotopic (exact) mass is 182 g/mol. The highest BCUT2D eigenvalue weighted by Gasteiger charge is 2.48. The van der Waals surface area contributed by atoms with Crippen molar-refractivity contribution in [2.45, 2.75) is 24.5 Å². The van der Waals surface area contributed by atoms with Crippen LogP contribution in [-0.2, 0) is 0 Å². The Kier molecular flexibility index (Phi) is 1.86. The molecule has 0 radical (unpaired) electrons. The topological polar surface area (TPSA) is 40.5 Å². The molecule has 2 N–H and O–H groups in total. The first kappa shape index (κ1) is 8.66. The fourth-order valence-corrected chi connectivity index (χ4v) is 1.39. The van der Waals surface area contributed by atoms with E-state index < -0.39 is 17.5 Å². The van der Waals surface area contributed by atoms with Gasteiger partial charge in [-0.15, -0.1) is 0 Å². The van der Waals surface area contributed by atoms with Crippen LogP contribution in [0.25, 0.3) is 0 Å². The number of rotatable bonds is 2. The van der Waals surface area contributed by atoms with E-state index >= 15 is 0 Å². The first-order valence-corrected chi connectivity index (χ1v) is 4.28. The van der Waals surface area contributed by atoms with Crippen molar-refractivity contribution in [2.75, 3.05) is 0 Å². The van der Waals surface area contributed by atoms with E-state index in [9.17, 15) is 14.6 Å². The Morgan fingerprint density at radius 3 is 2.46 bits per heavy atom. The lowest BCUT2D eigenvalue weighted by Crippen LogP contribution is -2.20. The van der Waals surface area contributed by atoms with Crippen LogP contribution in [-0.4, -0.2) is 15.8 Å². The third-order valence-corrected chi connectivity index (χ3v) is 2.47. The maximum atomic E-state index is 13.1. The smallest absolute Gasteiger partial charge is 0.129 e. The van der Waals surface area contributed by atoms with Gasteiger partial charge in [0.05, 0.1) is 5.60 Å². The Morgan fingerprint density at radius 2 is 1.92 bits per heavy atom. The second kappa shape index (κ2) is 2.79. The summed E-state index contributed by atoms with van der Waals surface area (Å²) in [7, 11) is 0. The summed E-state index contributed by atoms with van der Waals surface area (Å²) >= 11 is 0. The molecule has 1 aromatic rings. The van der Waals surface area contributed by atoms with Crippen LogP contribution >= 0.6 is 0 Å². The largest absolute Gasteiger partial charge is 0.387 e. The standard InChI is InChI=1S/C10H11FO2/c11-8-4-2-1-3-7(8)9(12)10(13)5-6-10/h1-4,9,12-13H,5-6H2/t9-/m0/s1. The summed E-state index contributed by atoms with van der Waals surface area (Å²) in [6.45, 7) is 0. The summed E-state index contributed by atoms with van der Waals surface area (Å²) in [5, 5.41) is 19.2. The van der Waals surface area contributed by atoms with Gasteiger partial charge >= 0.3 is 0 Å². The van der Waals surface area contributed by atoms with E-state index in [1.807, 2.05) is 0 Å². The molecule has 0 unspecified atom stereocenters. The van der Waals surface area contributed by atoms with Crippen LogP contribution in [0.15, 0.2) is 24.3 Å². The molecule has 0 heterocycles. The van der Waals surface area contributed by atoms with Crippen LogP contribution in [0.5, 0.6) is 0 Å². The van der Waals surface area contributed by atoms with Crippen molar-refractivity contribution < 1.29 is 14.6 Å². The highest BCUT2D eigenvalue weighted by atomic mass is 19.1. The average Bonchev–Trinajstić information content (AvgIpc) is 2.85. The van der Waals surface area contributed by atoms with Gasteiger partial charge in [-0.25, -0.2) is 4.39 Å². The van der Waals surface area contributed by atoms with Crippen LogP contribution in [0.2, 0.25) is 0 Å². The van der Waals surface area contributed by atoms with E-state index in [0.717, 1.165) is 0 Å². The summed E-state index contributed by atoms with van der Waals surface area (Å²) in [5.74, 6) is -0.463. The molecule has 13 heavy (non-hydrogen) atoms. The molecule has 2 rings (SSSR count). The molecule has 1 aliphatic carbocycles. The van der Waals surface area contributed by atoms with Gasteiger partial charge < -0.3 is 10.2 Å². The number of benzene rings is 1. The van der Waals surface area contributed by atoms with Gasteiger partial charge in [0.25, 0.3) is 0 Å². The Balaban J connectivity index is 2.30. The summed E-state index contributed by atoms with van der Waals surface area (Å²) in [6.07, 6.45) is -0.000871. The fourth-order valence-electron chi connectivity index (χ4n) is 1.39. The lowest BCUT2D eigenvalue weighted by Gasteiger charge is -2.17. The molecular formula is C10H11FO2. The summed E-state index contributed by atoms with van der Waals surface area (Å²) in [5.41, 5.74) is -0.898. The third kappa shape index (κ3) is 1.45. The van der Waals surface area contributed by atoms with E-state index in [1.165, 1.54) is 12.1 Å². The Bertz CT molecular complexity index is 320. The first-order valence-electron chi connectivity index (χ1n) is 4.28. The molecule has 1 saturated carbocycles. The summed E-state index contributed by atoms with van der Waals surface area (Å²) in [4.78, 5) is 0. The molecule has 0 saturated heterocycles. The van der Waals surface area contributed by atoms with Gasteiger partial charge in [0.1, 0.15) is 11.9 Å². The van der Waals surface area contributed by atoms with Crippen molar-refractivity contribution in [3.05, 3.63) is 35.6 Å². The van der Waals surface area contributed by atoms with E-state index in [4.69, 9.17) is 0 Å². The van der Waals surface area contributed by atoms with E-state index in [1.54, 1.807) is 12.1 Å². The highest BCUT2D eigenvalue weighted by Crippen LogP contribution is 2.46. The maximum Gasteiger partial charge on any atom is 0.129 e. The van der Waals surface area contributed by atoms with Gasteiger partial charge in [-0.1, -0.05) is 18.2 Å². The van der Waals surface area contributed by atoms with Crippen LogP contribution in [0.4, 0.5) is 4.39 Å². The Morgan fingerprint density at radius 1 is 1.31 bits per heavy atom. The number of hydrogen-bond acceptors (Lipinski definition) is 2. The highest BCUT2D eigenvalue weighted by molar-refractivity contribution is 5.24. The van der Waals surface area contributed by atoms with Crippen molar-refractivity contribution in [1.29, 1.82) is 0 Å². The Labute approximate surface area is 75.6 Å². The minimum Gasteiger partial charge on any atom is -0.387 e. The molecule has 0 spiro atoms. The fraction of sp³-hybridized carbons (Fsp3) is 0.400. The molecule has 3 heteroatoms. The van der Waals surface area contributed by atoms with Gasteiger partial charge in [0.15, 0.2) is 0 Å². The quantitative estimate of drug-likeness (QED) is 0.725. The average molecular weight is 182 g/mol. The van der Waals surface area contributed by atoms with E-state index in [0.29, 0.717) is 12.8 Å². The SMILES string of the molecule is O[C@@H](c1ccccc1F)C1(O)CC1. The minimum absolute atomic E-state index is 0.183. The summed E-state index contributed by atoms with van der Waals surface area (Å²) in [6, 6.07) is 5.98. The van der Waals surface area contributed by atoms with Crippen molar-refractivity contribution >= 4 is 0 Å². The molecule has 70 valence electrons. The zero-order chi connectivity index (χ0) is 9.47. The molecule has 1 atom stereocenters. The van der Waals surface area contributed by atoms with Crippen LogP contribution in [0.1, 0.15) is 24.5 Å². The van der Waals surface area contributed by atoms with Gasteiger partial charge in [-0.05, 0) is 18.9 Å². The lowest BCUT2D eigenvalue weighted by molar-refractivity contribution is -0.00368. The Hall–Kier alpha value is -0.930. The lowest BCUT2D eigenvalue weighted by atomic mass is 10.0. The van der Waals surface area contributed by atoms with Crippen LogP contribution in [0.3, 0.4) is 0 Å². The molecule has 1 aliphatic rings. The second-order valence-corrected chi connectivity index (χ2v) is 3.53. The second-order valence-electron chi connectivity index (χ2n) is 3.53. The maximum absolute atomic E-state index is 13.1. The van der Waals surface area contributed by atoms with Gasteiger partial charge in [0, 0.05) is 5.56 Å². The van der Waals surface area contributed by atoms with Crippen LogP contribution in [0, 0.1) is 5.82 Å². The van der Waals surface area contributed by atoms with Gasteiger partial charge in [-0.2, -0.15) is 0 Å². The normalized spacial score (nSPS) is 21.2.